The molecule has 7 heteroatoms. The van der Waals surface area contributed by atoms with E-state index in [4.69, 9.17) is 9.47 Å². The predicted molar refractivity (Wildman–Crippen MR) is 94.1 cm³/mol. The number of morpholine rings is 1. The summed E-state index contributed by atoms with van der Waals surface area (Å²) in [5.74, 6) is 1.30. The topological polar surface area (TPSA) is 76.6 Å². The summed E-state index contributed by atoms with van der Waals surface area (Å²) >= 11 is 0. The summed E-state index contributed by atoms with van der Waals surface area (Å²) in [7, 11) is 0. The Labute approximate surface area is 147 Å². The van der Waals surface area contributed by atoms with Crippen molar-refractivity contribution in [2.45, 2.75) is 6.92 Å². The molecule has 132 valence electrons. The van der Waals surface area contributed by atoms with Crippen LogP contribution in [0.15, 0.2) is 36.4 Å². The van der Waals surface area contributed by atoms with Crippen LogP contribution in [-0.4, -0.2) is 55.6 Å². The maximum absolute atomic E-state index is 12.1. The number of ether oxygens (including phenoxy) is 2. The third kappa shape index (κ3) is 4.90. The van der Waals surface area contributed by atoms with E-state index >= 15 is 0 Å². The smallest absolute Gasteiger partial charge is 0.271 e. The van der Waals surface area contributed by atoms with E-state index in [0.29, 0.717) is 32.1 Å². The van der Waals surface area contributed by atoms with E-state index in [9.17, 15) is 4.79 Å². The van der Waals surface area contributed by atoms with E-state index in [1.807, 2.05) is 37.3 Å². The van der Waals surface area contributed by atoms with Crippen molar-refractivity contribution in [3.05, 3.63) is 47.7 Å². The van der Waals surface area contributed by atoms with Crippen LogP contribution in [0.1, 0.15) is 16.1 Å². The molecule has 0 unspecified atom stereocenters. The number of carbonyl (C=O) groups is 1. The van der Waals surface area contributed by atoms with Crippen molar-refractivity contribution < 1.29 is 14.3 Å². The Morgan fingerprint density at radius 2 is 1.92 bits per heavy atom. The molecule has 2 aromatic rings. The average Bonchev–Trinajstić information content (AvgIpc) is 2.67. The number of rotatable bonds is 6. The van der Waals surface area contributed by atoms with Gasteiger partial charge in [0.15, 0.2) is 11.5 Å². The summed E-state index contributed by atoms with van der Waals surface area (Å²) in [6, 6.07) is 11.3. The molecule has 1 aromatic carbocycles. The maximum Gasteiger partial charge on any atom is 0.271 e. The van der Waals surface area contributed by atoms with Crippen LogP contribution in [0.3, 0.4) is 0 Å². The predicted octanol–water partition coefficient (Wildman–Crippen LogP) is 1.43. The second-order valence-electron chi connectivity index (χ2n) is 5.79. The van der Waals surface area contributed by atoms with Gasteiger partial charge in [0.1, 0.15) is 12.4 Å². The first-order valence-corrected chi connectivity index (χ1v) is 8.36. The molecule has 3 rings (SSSR count). The number of aromatic nitrogens is 2. The fourth-order valence-corrected chi connectivity index (χ4v) is 2.47. The van der Waals surface area contributed by atoms with Gasteiger partial charge in [-0.3, -0.25) is 4.79 Å². The van der Waals surface area contributed by atoms with Crippen LogP contribution >= 0.6 is 0 Å². The van der Waals surface area contributed by atoms with Gasteiger partial charge >= 0.3 is 0 Å². The zero-order valence-electron chi connectivity index (χ0n) is 14.3. The summed E-state index contributed by atoms with van der Waals surface area (Å²) < 4.78 is 10.9. The van der Waals surface area contributed by atoms with Crippen molar-refractivity contribution >= 4 is 11.7 Å². The molecule has 2 heterocycles. The standard InChI is InChI=1S/C18H22N4O3/c1-14-2-4-15(5-3-14)25-11-8-19-18(23)16-6-7-17(21-20-16)22-9-12-24-13-10-22/h2-7H,8-13H2,1H3,(H,19,23). The molecule has 1 saturated heterocycles. The SMILES string of the molecule is Cc1ccc(OCCNC(=O)c2ccc(N3CCOCC3)nn2)cc1. The number of nitrogens with zero attached hydrogens (tertiary/aromatic N) is 3. The second-order valence-corrected chi connectivity index (χ2v) is 5.79. The minimum Gasteiger partial charge on any atom is -0.492 e. The van der Waals surface area contributed by atoms with E-state index in [1.165, 1.54) is 5.56 Å². The van der Waals surface area contributed by atoms with E-state index < -0.39 is 0 Å². The molecule has 1 aromatic heterocycles. The van der Waals surface area contributed by atoms with E-state index in [2.05, 4.69) is 20.4 Å². The Kier molecular flexibility index (Phi) is 5.79. The lowest BCUT2D eigenvalue weighted by atomic mass is 10.2. The third-order valence-corrected chi connectivity index (χ3v) is 3.90. The molecule has 0 radical (unpaired) electrons. The number of carbonyl (C=O) groups excluding carboxylic acids is 1. The summed E-state index contributed by atoms with van der Waals surface area (Å²) in [6.45, 7) is 5.77. The van der Waals surface area contributed by atoms with Gasteiger partial charge in [-0.05, 0) is 31.2 Å². The summed E-state index contributed by atoms with van der Waals surface area (Å²) in [5, 5.41) is 10.9. The lowest BCUT2D eigenvalue weighted by Gasteiger charge is -2.27. The van der Waals surface area contributed by atoms with Gasteiger partial charge in [-0.2, -0.15) is 0 Å². The average molecular weight is 342 g/mol. The van der Waals surface area contributed by atoms with Crippen LogP contribution < -0.4 is 15.0 Å². The molecule has 7 nitrogen and oxygen atoms in total. The first-order valence-electron chi connectivity index (χ1n) is 8.36. The summed E-state index contributed by atoms with van der Waals surface area (Å²) in [4.78, 5) is 14.2. The number of amides is 1. The number of hydrogen-bond donors (Lipinski definition) is 1. The van der Waals surface area contributed by atoms with Crippen LogP contribution in [0.2, 0.25) is 0 Å². The van der Waals surface area contributed by atoms with Crippen LogP contribution in [0.4, 0.5) is 5.82 Å². The molecule has 0 atom stereocenters. The number of hydrogen-bond acceptors (Lipinski definition) is 6. The largest absolute Gasteiger partial charge is 0.492 e. The Balaban J connectivity index is 1.43. The van der Waals surface area contributed by atoms with E-state index in [1.54, 1.807) is 6.07 Å². The van der Waals surface area contributed by atoms with Crippen molar-refractivity contribution in [3.8, 4) is 5.75 Å². The normalized spacial score (nSPS) is 14.2. The lowest BCUT2D eigenvalue weighted by Crippen LogP contribution is -2.37. The molecule has 1 aliphatic rings. The highest BCUT2D eigenvalue weighted by Gasteiger charge is 2.14. The second kappa shape index (κ2) is 8.43. The monoisotopic (exact) mass is 342 g/mol. The van der Waals surface area contributed by atoms with Gasteiger partial charge in [0.25, 0.3) is 5.91 Å². The molecular weight excluding hydrogens is 320 g/mol. The number of benzene rings is 1. The molecule has 0 aliphatic carbocycles. The van der Waals surface area contributed by atoms with Gasteiger partial charge < -0.3 is 19.7 Å². The van der Waals surface area contributed by atoms with Crippen molar-refractivity contribution in [2.75, 3.05) is 44.4 Å². The molecular formula is C18H22N4O3. The van der Waals surface area contributed by atoms with Crippen LogP contribution in [0.5, 0.6) is 5.75 Å². The van der Waals surface area contributed by atoms with Gasteiger partial charge in [-0.15, -0.1) is 10.2 Å². The van der Waals surface area contributed by atoms with Gasteiger partial charge in [0.05, 0.1) is 19.8 Å². The molecule has 1 N–H and O–H groups in total. The first kappa shape index (κ1) is 17.2. The quantitative estimate of drug-likeness (QED) is 0.801. The minimum atomic E-state index is -0.256. The Hall–Kier alpha value is -2.67. The van der Waals surface area contributed by atoms with Crippen molar-refractivity contribution in [2.24, 2.45) is 0 Å². The molecule has 0 spiro atoms. The fourth-order valence-electron chi connectivity index (χ4n) is 2.47. The van der Waals surface area contributed by atoms with Gasteiger partial charge in [0.2, 0.25) is 0 Å². The third-order valence-electron chi connectivity index (χ3n) is 3.90. The maximum atomic E-state index is 12.1. The molecule has 25 heavy (non-hydrogen) atoms. The Bertz CT molecular complexity index is 682. The molecule has 0 saturated carbocycles. The molecule has 0 bridgehead atoms. The highest BCUT2D eigenvalue weighted by molar-refractivity contribution is 5.92. The zero-order chi connectivity index (χ0) is 17.5. The highest BCUT2D eigenvalue weighted by atomic mass is 16.5. The summed E-state index contributed by atoms with van der Waals surface area (Å²) in [6.07, 6.45) is 0. The highest BCUT2D eigenvalue weighted by Crippen LogP contribution is 2.12. The van der Waals surface area contributed by atoms with Crippen molar-refractivity contribution in [3.63, 3.8) is 0 Å². The zero-order valence-corrected chi connectivity index (χ0v) is 14.3. The first-order chi connectivity index (χ1) is 12.2. The molecule has 1 fully saturated rings. The van der Waals surface area contributed by atoms with Crippen molar-refractivity contribution in [1.82, 2.24) is 15.5 Å². The molecule has 1 aliphatic heterocycles. The van der Waals surface area contributed by atoms with Gasteiger partial charge in [-0.25, -0.2) is 0 Å². The summed E-state index contributed by atoms with van der Waals surface area (Å²) in [5.41, 5.74) is 1.48. The molecule has 1 amide bonds. The Morgan fingerprint density at radius 3 is 2.60 bits per heavy atom. The number of nitrogens with one attached hydrogen (secondary N) is 1. The number of anilines is 1. The van der Waals surface area contributed by atoms with Crippen LogP contribution in [0.25, 0.3) is 0 Å². The van der Waals surface area contributed by atoms with Gasteiger partial charge in [-0.1, -0.05) is 17.7 Å². The van der Waals surface area contributed by atoms with E-state index in [-0.39, 0.29) is 5.91 Å². The van der Waals surface area contributed by atoms with Crippen LogP contribution in [0, 0.1) is 6.92 Å². The number of aryl methyl sites for hydroxylation is 1. The minimum absolute atomic E-state index is 0.256. The van der Waals surface area contributed by atoms with Crippen LogP contribution in [-0.2, 0) is 4.74 Å². The fraction of sp³-hybridized carbons (Fsp3) is 0.389. The van der Waals surface area contributed by atoms with Crippen molar-refractivity contribution in [1.29, 1.82) is 0 Å². The lowest BCUT2D eigenvalue weighted by molar-refractivity contribution is 0.0940. The van der Waals surface area contributed by atoms with Gasteiger partial charge in [0, 0.05) is 13.1 Å². The Morgan fingerprint density at radius 1 is 1.16 bits per heavy atom. The van der Waals surface area contributed by atoms with E-state index in [0.717, 1.165) is 24.7 Å².